The third kappa shape index (κ3) is 3.20. The first kappa shape index (κ1) is 14.5. The van der Waals surface area contributed by atoms with E-state index in [-0.39, 0.29) is 11.6 Å². The normalized spacial score (nSPS) is 12.9. The molecule has 0 amide bonds. The molecule has 0 spiro atoms. The lowest BCUT2D eigenvalue weighted by atomic mass is 9.88. The Morgan fingerprint density at radius 2 is 2.06 bits per heavy atom. The highest BCUT2D eigenvalue weighted by molar-refractivity contribution is 5.81. The first-order chi connectivity index (χ1) is 8.42. The van der Waals surface area contributed by atoms with E-state index in [2.05, 4.69) is 25.7 Å². The van der Waals surface area contributed by atoms with E-state index in [0.29, 0.717) is 0 Å². The van der Waals surface area contributed by atoms with Crippen LogP contribution < -0.4 is 5.32 Å². The average molecular weight is 247 g/mol. The molecule has 0 bridgehead atoms. The van der Waals surface area contributed by atoms with E-state index in [1.165, 1.54) is 6.08 Å². The maximum atomic E-state index is 11.3. The van der Waals surface area contributed by atoms with Crippen LogP contribution in [-0.2, 0) is 15.1 Å². The van der Waals surface area contributed by atoms with Gasteiger partial charge in [0.05, 0.1) is 0 Å². The van der Waals surface area contributed by atoms with Crippen molar-refractivity contribution in [3.8, 4) is 0 Å². The van der Waals surface area contributed by atoms with Crippen LogP contribution in [0.1, 0.15) is 38.0 Å². The molecule has 98 valence electrons. The molecule has 1 aromatic carbocycles. The average Bonchev–Trinajstić information content (AvgIpc) is 2.38. The summed E-state index contributed by atoms with van der Waals surface area (Å²) in [5, 5.41) is 3.26. The lowest BCUT2D eigenvalue weighted by Crippen LogP contribution is -2.34. The fourth-order valence-electron chi connectivity index (χ4n) is 1.84. The Morgan fingerprint density at radius 1 is 1.44 bits per heavy atom. The number of hydrogen-bond acceptors (Lipinski definition) is 3. The van der Waals surface area contributed by atoms with Gasteiger partial charge in [-0.15, -0.1) is 0 Å². The topological polar surface area (TPSA) is 38.3 Å². The Labute approximate surface area is 109 Å². The van der Waals surface area contributed by atoms with E-state index in [9.17, 15) is 4.79 Å². The van der Waals surface area contributed by atoms with E-state index in [0.717, 1.165) is 11.1 Å². The van der Waals surface area contributed by atoms with E-state index < -0.39 is 5.97 Å². The minimum Gasteiger partial charge on any atom is -0.455 e. The van der Waals surface area contributed by atoms with Crippen molar-refractivity contribution in [2.75, 3.05) is 7.05 Å². The third-order valence-electron chi connectivity index (χ3n) is 3.16. The molecule has 1 unspecified atom stereocenters. The Kier molecular flexibility index (Phi) is 4.68. The fourth-order valence-corrected chi connectivity index (χ4v) is 1.84. The second-order valence-electron chi connectivity index (χ2n) is 4.75. The number of ether oxygens (including phenoxy) is 1. The van der Waals surface area contributed by atoms with Gasteiger partial charge in [-0.2, -0.15) is 0 Å². The molecule has 0 aliphatic carbocycles. The van der Waals surface area contributed by atoms with Crippen LogP contribution in [0.5, 0.6) is 0 Å². The van der Waals surface area contributed by atoms with Crippen LogP contribution in [0.2, 0.25) is 0 Å². The standard InChI is InChI=1S/C15H21NO2/c1-6-14(17)18-11(2)12-9-7-8-10-13(12)15(3,4)16-5/h6-11,16H,1H2,2-5H3. The summed E-state index contributed by atoms with van der Waals surface area (Å²) in [5.41, 5.74) is 1.95. The molecule has 1 N–H and O–H groups in total. The third-order valence-corrected chi connectivity index (χ3v) is 3.16. The summed E-state index contributed by atoms with van der Waals surface area (Å²) >= 11 is 0. The van der Waals surface area contributed by atoms with Crippen LogP contribution in [0.4, 0.5) is 0 Å². The van der Waals surface area contributed by atoms with Crippen molar-refractivity contribution in [2.24, 2.45) is 0 Å². The molecule has 0 aliphatic rings. The van der Waals surface area contributed by atoms with Crippen molar-refractivity contribution in [3.63, 3.8) is 0 Å². The first-order valence-electron chi connectivity index (χ1n) is 6.03. The zero-order chi connectivity index (χ0) is 13.8. The van der Waals surface area contributed by atoms with E-state index in [1.807, 2.05) is 38.2 Å². The molecule has 0 fully saturated rings. The van der Waals surface area contributed by atoms with Gasteiger partial charge in [0.2, 0.25) is 0 Å². The molecule has 3 heteroatoms. The quantitative estimate of drug-likeness (QED) is 0.642. The van der Waals surface area contributed by atoms with Gasteiger partial charge in [0.25, 0.3) is 0 Å². The number of hydrogen-bond donors (Lipinski definition) is 1. The minimum absolute atomic E-state index is 0.175. The second kappa shape index (κ2) is 5.83. The van der Waals surface area contributed by atoms with Crippen LogP contribution in [0.3, 0.4) is 0 Å². The van der Waals surface area contributed by atoms with E-state index in [4.69, 9.17) is 4.74 Å². The highest BCUT2D eigenvalue weighted by atomic mass is 16.5. The number of carbonyl (C=O) groups is 1. The van der Waals surface area contributed by atoms with Gasteiger partial charge in [0, 0.05) is 11.6 Å². The van der Waals surface area contributed by atoms with Crippen LogP contribution >= 0.6 is 0 Å². The number of benzene rings is 1. The molecule has 0 aliphatic heterocycles. The predicted octanol–water partition coefficient (Wildman–Crippen LogP) is 2.93. The zero-order valence-corrected chi connectivity index (χ0v) is 11.5. The van der Waals surface area contributed by atoms with Gasteiger partial charge in [-0.3, -0.25) is 0 Å². The van der Waals surface area contributed by atoms with Gasteiger partial charge in [-0.05, 0) is 38.9 Å². The van der Waals surface area contributed by atoms with Gasteiger partial charge in [-0.1, -0.05) is 30.8 Å². The molecule has 0 radical (unpaired) electrons. The second-order valence-corrected chi connectivity index (χ2v) is 4.75. The molecule has 1 aromatic rings. The summed E-state index contributed by atoms with van der Waals surface area (Å²) in [6.45, 7) is 9.46. The first-order valence-corrected chi connectivity index (χ1v) is 6.03. The summed E-state index contributed by atoms with van der Waals surface area (Å²) < 4.78 is 5.28. The largest absolute Gasteiger partial charge is 0.455 e. The van der Waals surface area contributed by atoms with Crippen LogP contribution in [-0.4, -0.2) is 13.0 Å². The summed E-state index contributed by atoms with van der Waals surface area (Å²) in [6, 6.07) is 7.96. The predicted molar refractivity (Wildman–Crippen MR) is 73.2 cm³/mol. The van der Waals surface area contributed by atoms with Gasteiger partial charge in [-0.25, -0.2) is 4.79 Å². The molecule has 0 heterocycles. The zero-order valence-electron chi connectivity index (χ0n) is 11.5. The maximum Gasteiger partial charge on any atom is 0.330 e. The summed E-state index contributed by atoms with van der Waals surface area (Å²) in [6.07, 6.45) is 0.891. The molecule has 1 atom stereocenters. The van der Waals surface area contributed by atoms with E-state index >= 15 is 0 Å². The molecular formula is C15H21NO2. The monoisotopic (exact) mass is 247 g/mol. The van der Waals surface area contributed by atoms with E-state index in [1.54, 1.807) is 0 Å². The molecular weight excluding hydrogens is 226 g/mol. The fraction of sp³-hybridized carbons (Fsp3) is 0.400. The van der Waals surface area contributed by atoms with Gasteiger partial charge in [0.1, 0.15) is 6.10 Å². The molecule has 0 saturated carbocycles. The summed E-state index contributed by atoms with van der Waals surface area (Å²) in [7, 11) is 1.91. The van der Waals surface area contributed by atoms with Crippen LogP contribution in [0.15, 0.2) is 36.9 Å². The minimum atomic E-state index is -0.403. The lowest BCUT2D eigenvalue weighted by molar-refractivity contribution is -0.142. The molecule has 1 rings (SSSR count). The van der Waals surface area contributed by atoms with Crippen molar-refractivity contribution in [1.82, 2.24) is 5.32 Å². The van der Waals surface area contributed by atoms with Gasteiger partial charge < -0.3 is 10.1 Å². The van der Waals surface area contributed by atoms with Crippen molar-refractivity contribution in [3.05, 3.63) is 48.0 Å². The Balaban J connectivity index is 3.09. The molecule has 0 aromatic heterocycles. The van der Waals surface area contributed by atoms with Crippen molar-refractivity contribution >= 4 is 5.97 Å². The Morgan fingerprint density at radius 3 is 2.61 bits per heavy atom. The molecule has 18 heavy (non-hydrogen) atoms. The Hall–Kier alpha value is -1.61. The number of rotatable bonds is 5. The van der Waals surface area contributed by atoms with Crippen molar-refractivity contribution < 1.29 is 9.53 Å². The summed E-state index contributed by atoms with van der Waals surface area (Å²) in [5.74, 6) is -0.403. The maximum absolute atomic E-state index is 11.3. The summed E-state index contributed by atoms with van der Waals surface area (Å²) in [4.78, 5) is 11.3. The van der Waals surface area contributed by atoms with Crippen molar-refractivity contribution in [1.29, 1.82) is 0 Å². The number of nitrogens with one attached hydrogen (secondary N) is 1. The van der Waals surface area contributed by atoms with Crippen molar-refractivity contribution in [2.45, 2.75) is 32.4 Å². The molecule has 0 saturated heterocycles. The molecule has 3 nitrogen and oxygen atoms in total. The Bertz CT molecular complexity index is 438. The number of carbonyl (C=O) groups excluding carboxylic acids is 1. The highest BCUT2D eigenvalue weighted by Crippen LogP contribution is 2.29. The van der Waals surface area contributed by atoms with Gasteiger partial charge >= 0.3 is 5.97 Å². The smallest absolute Gasteiger partial charge is 0.330 e. The number of esters is 1. The SMILES string of the molecule is C=CC(=O)OC(C)c1ccccc1C(C)(C)NC. The van der Waals surface area contributed by atoms with Crippen LogP contribution in [0.25, 0.3) is 0 Å². The lowest BCUT2D eigenvalue weighted by Gasteiger charge is -2.29. The highest BCUT2D eigenvalue weighted by Gasteiger charge is 2.24. The van der Waals surface area contributed by atoms with Crippen LogP contribution in [0, 0.1) is 0 Å². The van der Waals surface area contributed by atoms with Gasteiger partial charge in [0.15, 0.2) is 0 Å².